The van der Waals surface area contributed by atoms with E-state index in [2.05, 4.69) is 35.3 Å². The molecular formula is C23H29N3O2S. The van der Waals surface area contributed by atoms with Crippen LogP contribution in [0.5, 0.6) is 0 Å². The highest BCUT2D eigenvalue weighted by Crippen LogP contribution is 2.29. The number of thioether (sulfide) groups is 1. The van der Waals surface area contributed by atoms with Gasteiger partial charge in [0.05, 0.1) is 5.92 Å². The second-order valence-corrected chi connectivity index (χ2v) is 9.18. The summed E-state index contributed by atoms with van der Waals surface area (Å²) in [5, 5.41) is 0.760. The molecule has 1 fully saturated rings. The molecule has 1 unspecified atom stereocenters. The summed E-state index contributed by atoms with van der Waals surface area (Å²) in [6.07, 6.45) is 3.88. The molecule has 1 amide bonds. The van der Waals surface area contributed by atoms with E-state index in [0.717, 1.165) is 48.8 Å². The Hall–Kier alpha value is -2.08. The Morgan fingerprint density at radius 2 is 1.93 bits per heavy atom. The highest BCUT2D eigenvalue weighted by Gasteiger charge is 2.32. The van der Waals surface area contributed by atoms with Crippen LogP contribution in [0.4, 0.5) is 0 Å². The van der Waals surface area contributed by atoms with Crippen LogP contribution in [0.15, 0.2) is 40.3 Å². The molecular weight excluding hydrogens is 382 g/mol. The fraction of sp³-hybridized carbons (Fsp3) is 0.522. The zero-order valence-corrected chi connectivity index (χ0v) is 18.1. The molecule has 29 heavy (non-hydrogen) atoms. The minimum Gasteiger partial charge on any atom is -0.342 e. The zero-order valence-electron chi connectivity index (χ0n) is 17.3. The largest absolute Gasteiger partial charge is 0.342 e. The van der Waals surface area contributed by atoms with E-state index in [1.165, 1.54) is 5.56 Å². The number of piperidine rings is 1. The van der Waals surface area contributed by atoms with Gasteiger partial charge in [-0.05, 0) is 44.1 Å². The van der Waals surface area contributed by atoms with Gasteiger partial charge in [0, 0.05) is 36.6 Å². The first kappa shape index (κ1) is 20.2. The molecule has 1 saturated heterocycles. The Kier molecular flexibility index (Phi) is 6.09. The van der Waals surface area contributed by atoms with Crippen molar-refractivity contribution in [1.82, 2.24) is 14.5 Å². The Bertz CT molecular complexity index is 933. The number of aromatic nitrogens is 2. The van der Waals surface area contributed by atoms with Crippen molar-refractivity contribution in [3.63, 3.8) is 0 Å². The number of carbonyl (C=O) groups excluding carboxylic acids is 1. The van der Waals surface area contributed by atoms with Crippen molar-refractivity contribution < 1.29 is 4.79 Å². The van der Waals surface area contributed by atoms with E-state index in [1.54, 1.807) is 16.3 Å². The molecule has 0 spiro atoms. The molecule has 4 rings (SSSR count). The molecule has 0 saturated carbocycles. The lowest BCUT2D eigenvalue weighted by Gasteiger charge is -2.35. The van der Waals surface area contributed by atoms with Gasteiger partial charge in [-0.2, -0.15) is 0 Å². The van der Waals surface area contributed by atoms with Gasteiger partial charge in [-0.1, -0.05) is 49.0 Å². The third-order valence-corrected chi connectivity index (χ3v) is 7.39. The summed E-state index contributed by atoms with van der Waals surface area (Å²) < 4.78 is 1.73. The smallest absolute Gasteiger partial charge is 0.257 e. The second kappa shape index (κ2) is 8.74. The Labute approximate surface area is 176 Å². The maximum absolute atomic E-state index is 13.1. The first-order valence-electron chi connectivity index (χ1n) is 10.6. The van der Waals surface area contributed by atoms with Crippen molar-refractivity contribution in [2.24, 2.45) is 11.8 Å². The number of nitrogens with zero attached hydrogens (tertiary/aromatic N) is 3. The van der Waals surface area contributed by atoms with Gasteiger partial charge < -0.3 is 4.90 Å². The molecule has 3 heterocycles. The average Bonchev–Trinajstić information content (AvgIpc) is 2.75. The Morgan fingerprint density at radius 1 is 1.21 bits per heavy atom. The highest BCUT2D eigenvalue weighted by atomic mass is 32.2. The molecule has 0 aliphatic carbocycles. The van der Waals surface area contributed by atoms with Gasteiger partial charge in [0.25, 0.3) is 5.56 Å². The number of hydrogen-bond acceptors (Lipinski definition) is 4. The van der Waals surface area contributed by atoms with Crippen LogP contribution < -0.4 is 5.56 Å². The van der Waals surface area contributed by atoms with E-state index >= 15 is 0 Å². The van der Waals surface area contributed by atoms with Crippen LogP contribution in [0.25, 0.3) is 0 Å². The maximum atomic E-state index is 13.1. The van der Waals surface area contributed by atoms with Crippen LogP contribution in [-0.2, 0) is 24.2 Å². The molecule has 0 radical (unpaired) electrons. The number of likely N-dealkylation sites (tertiary alicyclic amines) is 1. The van der Waals surface area contributed by atoms with Gasteiger partial charge in [-0.3, -0.25) is 14.2 Å². The van der Waals surface area contributed by atoms with Gasteiger partial charge in [0.1, 0.15) is 0 Å². The third-order valence-electron chi connectivity index (χ3n) is 6.25. The van der Waals surface area contributed by atoms with Crippen LogP contribution in [0.2, 0.25) is 0 Å². The third kappa shape index (κ3) is 4.27. The lowest BCUT2D eigenvalue weighted by molar-refractivity contribution is -0.136. The summed E-state index contributed by atoms with van der Waals surface area (Å²) >= 11 is 1.54. The monoisotopic (exact) mass is 411 g/mol. The number of benzene rings is 1. The summed E-state index contributed by atoms with van der Waals surface area (Å²) in [7, 11) is 0. The van der Waals surface area contributed by atoms with Crippen molar-refractivity contribution in [3.8, 4) is 0 Å². The van der Waals surface area contributed by atoms with E-state index < -0.39 is 0 Å². The summed E-state index contributed by atoms with van der Waals surface area (Å²) in [4.78, 5) is 32.6. The summed E-state index contributed by atoms with van der Waals surface area (Å²) in [5.41, 5.74) is 3.00. The molecule has 2 aliphatic heterocycles. The molecule has 154 valence electrons. The summed E-state index contributed by atoms with van der Waals surface area (Å²) in [5.74, 6) is 1.42. The SMILES string of the molecule is CCc1c(C)nc2n(c1=O)CC(C(=O)N1CCC(Cc3ccccc3)CC1)CS2. The predicted octanol–water partition coefficient (Wildman–Crippen LogP) is 3.32. The van der Waals surface area contributed by atoms with Crippen molar-refractivity contribution in [3.05, 3.63) is 57.5 Å². The van der Waals surface area contributed by atoms with Gasteiger partial charge >= 0.3 is 0 Å². The van der Waals surface area contributed by atoms with Crippen molar-refractivity contribution >= 4 is 17.7 Å². The number of aryl methyl sites for hydroxylation is 1. The summed E-state index contributed by atoms with van der Waals surface area (Å²) in [6.45, 7) is 6.00. The van der Waals surface area contributed by atoms with Crippen LogP contribution in [-0.4, -0.2) is 39.2 Å². The molecule has 2 aliphatic rings. The lowest BCUT2D eigenvalue weighted by atomic mass is 9.89. The number of amides is 1. The highest BCUT2D eigenvalue weighted by molar-refractivity contribution is 7.99. The maximum Gasteiger partial charge on any atom is 0.257 e. The molecule has 0 bridgehead atoms. The zero-order chi connectivity index (χ0) is 20.4. The Morgan fingerprint density at radius 3 is 2.62 bits per heavy atom. The predicted molar refractivity (Wildman–Crippen MR) is 116 cm³/mol. The van der Waals surface area contributed by atoms with Gasteiger partial charge in [0.2, 0.25) is 5.91 Å². The van der Waals surface area contributed by atoms with Crippen LogP contribution in [0.1, 0.15) is 36.6 Å². The first-order chi connectivity index (χ1) is 14.1. The van der Waals surface area contributed by atoms with Crippen LogP contribution >= 0.6 is 11.8 Å². The molecule has 1 aromatic heterocycles. The van der Waals surface area contributed by atoms with E-state index in [4.69, 9.17) is 0 Å². The van der Waals surface area contributed by atoms with E-state index in [9.17, 15) is 9.59 Å². The number of rotatable bonds is 4. The van der Waals surface area contributed by atoms with Gasteiger partial charge in [-0.15, -0.1) is 0 Å². The molecule has 0 N–H and O–H groups in total. The lowest BCUT2D eigenvalue weighted by Crippen LogP contribution is -2.46. The number of carbonyl (C=O) groups is 1. The molecule has 6 heteroatoms. The second-order valence-electron chi connectivity index (χ2n) is 8.19. The quantitative estimate of drug-likeness (QED) is 0.725. The van der Waals surface area contributed by atoms with Crippen LogP contribution in [0.3, 0.4) is 0 Å². The first-order valence-corrected chi connectivity index (χ1v) is 11.6. The van der Waals surface area contributed by atoms with Crippen molar-refractivity contribution in [2.45, 2.75) is 51.2 Å². The van der Waals surface area contributed by atoms with Gasteiger partial charge in [-0.25, -0.2) is 4.98 Å². The van der Waals surface area contributed by atoms with E-state index in [-0.39, 0.29) is 17.4 Å². The minimum atomic E-state index is -0.134. The standard InChI is InChI=1S/C23H29N3O2S/c1-3-20-16(2)24-23-26(22(20)28)14-19(15-29-23)21(27)25-11-9-18(10-12-25)13-17-7-5-4-6-8-17/h4-8,18-19H,3,9-15H2,1-2H3. The summed E-state index contributed by atoms with van der Waals surface area (Å²) in [6, 6.07) is 10.6. The fourth-order valence-corrected chi connectivity index (χ4v) is 5.63. The van der Waals surface area contributed by atoms with Gasteiger partial charge in [0.15, 0.2) is 5.16 Å². The topological polar surface area (TPSA) is 55.2 Å². The van der Waals surface area contributed by atoms with E-state index in [0.29, 0.717) is 24.6 Å². The average molecular weight is 412 g/mol. The molecule has 1 aromatic carbocycles. The minimum absolute atomic E-state index is 0.0292. The fourth-order valence-electron chi connectivity index (χ4n) is 4.51. The molecule has 2 aromatic rings. The van der Waals surface area contributed by atoms with Crippen LogP contribution in [0, 0.1) is 18.8 Å². The number of hydrogen-bond donors (Lipinski definition) is 0. The van der Waals surface area contributed by atoms with E-state index in [1.807, 2.05) is 18.7 Å². The number of fused-ring (bicyclic) bond motifs is 1. The van der Waals surface area contributed by atoms with Crippen molar-refractivity contribution in [2.75, 3.05) is 18.8 Å². The van der Waals surface area contributed by atoms with Crippen molar-refractivity contribution in [1.29, 1.82) is 0 Å². The molecule has 5 nitrogen and oxygen atoms in total. The Balaban J connectivity index is 1.38. The molecule has 1 atom stereocenters. The normalized spacial score (nSPS) is 19.8.